The summed E-state index contributed by atoms with van der Waals surface area (Å²) in [5, 5.41) is 18.4. The van der Waals surface area contributed by atoms with Gasteiger partial charge in [-0.1, -0.05) is 31.7 Å². The van der Waals surface area contributed by atoms with Crippen LogP contribution < -0.4 is 4.74 Å². The van der Waals surface area contributed by atoms with E-state index >= 15 is 0 Å². The minimum atomic E-state index is -0.832. The predicted octanol–water partition coefficient (Wildman–Crippen LogP) is 3.38. The fourth-order valence-electron chi connectivity index (χ4n) is 2.62. The standard InChI is InChI=1S/C16H22N2O2/c17-11-10-15(19)14-8-5-9-16(18-14)20-12-13-6-3-1-2-4-7-13/h5,8-9,13,15,19H,1-4,6-7,10,12H2. The molecule has 1 fully saturated rings. The molecular weight excluding hydrogens is 252 g/mol. The van der Waals surface area contributed by atoms with E-state index in [1.54, 1.807) is 12.1 Å². The van der Waals surface area contributed by atoms with E-state index in [1.165, 1.54) is 38.5 Å². The average Bonchev–Trinajstić information content (AvgIpc) is 2.74. The molecule has 1 unspecified atom stereocenters. The molecule has 1 saturated carbocycles. The molecule has 1 aromatic heterocycles. The highest BCUT2D eigenvalue weighted by molar-refractivity contribution is 5.18. The molecule has 1 aliphatic carbocycles. The zero-order valence-electron chi connectivity index (χ0n) is 11.8. The maximum Gasteiger partial charge on any atom is 0.213 e. The number of ether oxygens (including phenoxy) is 1. The molecule has 1 aliphatic rings. The molecule has 1 heterocycles. The molecule has 0 aliphatic heterocycles. The maximum atomic E-state index is 9.76. The Kier molecular flexibility index (Phi) is 5.82. The largest absolute Gasteiger partial charge is 0.477 e. The second kappa shape index (κ2) is 7.86. The van der Waals surface area contributed by atoms with Crippen LogP contribution in [0.1, 0.15) is 56.7 Å². The van der Waals surface area contributed by atoms with Gasteiger partial charge in [0.1, 0.15) is 6.10 Å². The third kappa shape index (κ3) is 4.50. The Balaban J connectivity index is 1.89. The SMILES string of the molecule is N#CCC(O)c1cccc(OCC2CCCCCC2)n1. The van der Waals surface area contributed by atoms with E-state index in [9.17, 15) is 5.11 Å². The van der Waals surface area contributed by atoms with Crippen molar-refractivity contribution in [1.29, 1.82) is 5.26 Å². The summed E-state index contributed by atoms with van der Waals surface area (Å²) in [5.74, 6) is 1.16. The van der Waals surface area contributed by atoms with Crippen LogP contribution in [-0.2, 0) is 0 Å². The van der Waals surface area contributed by atoms with E-state index in [2.05, 4.69) is 4.98 Å². The van der Waals surface area contributed by atoms with Crippen LogP contribution >= 0.6 is 0 Å². The van der Waals surface area contributed by atoms with Crippen LogP contribution in [0.5, 0.6) is 5.88 Å². The number of nitriles is 1. The lowest BCUT2D eigenvalue weighted by Gasteiger charge is -2.15. The van der Waals surface area contributed by atoms with Crippen LogP contribution in [0.2, 0.25) is 0 Å². The molecule has 2 rings (SSSR count). The summed E-state index contributed by atoms with van der Waals surface area (Å²) in [4.78, 5) is 4.28. The lowest BCUT2D eigenvalue weighted by molar-refractivity contribution is 0.174. The van der Waals surface area contributed by atoms with Crippen LogP contribution in [-0.4, -0.2) is 16.7 Å². The Bertz CT molecular complexity index is 448. The van der Waals surface area contributed by atoms with Crippen molar-refractivity contribution in [3.63, 3.8) is 0 Å². The van der Waals surface area contributed by atoms with E-state index in [1.807, 2.05) is 12.1 Å². The minimum Gasteiger partial charge on any atom is -0.477 e. The summed E-state index contributed by atoms with van der Waals surface area (Å²) in [6.45, 7) is 0.699. The van der Waals surface area contributed by atoms with Gasteiger partial charge in [0.25, 0.3) is 0 Å². The fourth-order valence-corrected chi connectivity index (χ4v) is 2.62. The predicted molar refractivity (Wildman–Crippen MR) is 76.1 cm³/mol. The van der Waals surface area contributed by atoms with Crippen molar-refractivity contribution in [3.8, 4) is 11.9 Å². The Hall–Kier alpha value is -1.60. The number of aliphatic hydroxyl groups excluding tert-OH is 1. The van der Waals surface area contributed by atoms with Gasteiger partial charge >= 0.3 is 0 Å². The van der Waals surface area contributed by atoms with Gasteiger partial charge in [0.2, 0.25) is 5.88 Å². The normalized spacial score (nSPS) is 18.0. The van der Waals surface area contributed by atoms with Gasteiger partial charge in [0.15, 0.2) is 0 Å². The molecule has 0 amide bonds. The van der Waals surface area contributed by atoms with Gasteiger partial charge in [-0.05, 0) is 24.8 Å². The molecule has 0 radical (unpaired) electrons. The summed E-state index contributed by atoms with van der Waals surface area (Å²) in [5.41, 5.74) is 0.505. The fraction of sp³-hybridized carbons (Fsp3) is 0.625. The number of hydrogen-bond acceptors (Lipinski definition) is 4. The van der Waals surface area contributed by atoms with Gasteiger partial charge in [-0.25, -0.2) is 4.98 Å². The number of nitrogens with zero attached hydrogens (tertiary/aromatic N) is 2. The van der Waals surface area contributed by atoms with Crippen LogP contribution in [0.15, 0.2) is 18.2 Å². The minimum absolute atomic E-state index is 0.0546. The first-order chi connectivity index (χ1) is 9.79. The number of rotatable bonds is 5. The monoisotopic (exact) mass is 274 g/mol. The highest BCUT2D eigenvalue weighted by Gasteiger charge is 2.14. The van der Waals surface area contributed by atoms with E-state index in [0.717, 1.165) is 0 Å². The molecule has 0 aromatic carbocycles. The van der Waals surface area contributed by atoms with Gasteiger partial charge in [0.05, 0.1) is 24.8 Å². The molecule has 1 aromatic rings. The lowest BCUT2D eigenvalue weighted by Crippen LogP contribution is -2.12. The van der Waals surface area contributed by atoms with Crippen molar-refractivity contribution in [2.75, 3.05) is 6.61 Å². The number of aliphatic hydroxyl groups is 1. The number of hydrogen-bond donors (Lipinski definition) is 1. The molecular formula is C16H22N2O2. The second-order valence-corrected chi connectivity index (χ2v) is 5.45. The highest BCUT2D eigenvalue weighted by Crippen LogP contribution is 2.24. The first-order valence-corrected chi connectivity index (χ1v) is 7.44. The zero-order chi connectivity index (χ0) is 14.2. The van der Waals surface area contributed by atoms with Gasteiger partial charge in [-0.15, -0.1) is 0 Å². The molecule has 0 bridgehead atoms. The number of aromatic nitrogens is 1. The lowest BCUT2D eigenvalue weighted by atomic mass is 10.0. The Morgan fingerprint density at radius 2 is 2.05 bits per heavy atom. The second-order valence-electron chi connectivity index (χ2n) is 5.45. The van der Waals surface area contributed by atoms with Crippen LogP contribution in [0, 0.1) is 17.2 Å². The average molecular weight is 274 g/mol. The van der Waals surface area contributed by atoms with E-state index in [0.29, 0.717) is 24.1 Å². The van der Waals surface area contributed by atoms with Crippen molar-refractivity contribution in [2.24, 2.45) is 5.92 Å². The molecule has 20 heavy (non-hydrogen) atoms. The Labute approximate surface area is 120 Å². The van der Waals surface area contributed by atoms with E-state index in [-0.39, 0.29) is 6.42 Å². The van der Waals surface area contributed by atoms with Crippen molar-refractivity contribution < 1.29 is 9.84 Å². The third-order valence-corrected chi connectivity index (χ3v) is 3.81. The van der Waals surface area contributed by atoms with Crippen molar-refractivity contribution in [2.45, 2.75) is 51.0 Å². The number of pyridine rings is 1. The van der Waals surface area contributed by atoms with Crippen LogP contribution in [0.3, 0.4) is 0 Å². The summed E-state index contributed by atoms with van der Waals surface area (Å²) in [6, 6.07) is 7.28. The van der Waals surface area contributed by atoms with Crippen molar-refractivity contribution in [3.05, 3.63) is 23.9 Å². The smallest absolute Gasteiger partial charge is 0.213 e. The van der Waals surface area contributed by atoms with E-state index in [4.69, 9.17) is 10.00 Å². The maximum absolute atomic E-state index is 9.76. The van der Waals surface area contributed by atoms with E-state index < -0.39 is 6.10 Å². The first kappa shape index (κ1) is 14.8. The highest BCUT2D eigenvalue weighted by atomic mass is 16.5. The molecule has 4 nitrogen and oxygen atoms in total. The summed E-state index contributed by atoms with van der Waals surface area (Å²) < 4.78 is 5.76. The topological polar surface area (TPSA) is 66.1 Å². The van der Waals surface area contributed by atoms with Gasteiger partial charge < -0.3 is 9.84 Å². The summed E-state index contributed by atoms with van der Waals surface area (Å²) in [6.07, 6.45) is 6.95. The zero-order valence-corrected chi connectivity index (χ0v) is 11.8. The van der Waals surface area contributed by atoms with Gasteiger partial charge in [-0.2, -0.15) is 5.26 Å². The molecule has 4 heteroatoms. The summed E-state index contributed by atoms with van der Waals surface area (Å²) in [7, 11) is 0. The molecule has 0 spiro atoms. The molecule has 1 atom stereocenters. The quantitative estimate of drug-likeness (QED) is 0.836. The summed E-state index contributed by atoms with van der Waals surface area (Å²) >= 11 is 0. The Morgan fingerprint density at radius 1 is 1.30 bits per heavy atom. The Morgan fingerprint density at radius 3 is 2.75 bits per heavy atom. The molecule has 1 N–H and O–H groups in total. The molecule has 0 saturated heterocycles. The van der Waals surface area contributed by atoms with Crippen molar-refractivity contribution in [1.82, 2.24) is 4.98 Å². The van der Waals surface area contributed by atoms with Gasteiger partial charge in [0, 0.05) is 6.07 Å². The first-order valence-electron chi connectivity index (χ1n) is 7.44. The van der Waals surface area contributed by atoms with Crippen LogP contribution in [0.4, 0.5) is 0 Å². The van der Waals surface area contributed by atoms with Crippen molar-refractivity contribution >= 4 is 0 Å². The molecule has 108 valence electrons. The van der Waals surface area contributed by atoms with Crippen LogP contribution in [0.25, 0.3) is 0 Å². The van der Waals surface area contributed by atoms with Gasteiger partial charge in [-0.3, -0.25) is 0 Å². The third-order valence-electron chi connectivity index (χ3n) is 3.81.